The standard InChI is InChI=1S/C79H138O17P2/c1-5-9-13-17-21-25-29-32-35-36-39-41-45-48-52-56-60-64-77(82)90-70-75(96-79(84)66-62-58-54-50-46-42-38-34-31-27-23-19-15-11-7-3)72-94-98(87,88)92-68-73(80)67-91-97(85,86)93-71-74(95-78(83)65-61-57-53-49-43-28-24-20-16-12-8-4)69-89-76(81)63-59-55-51-47-44-40-37-33-30-26-22-18-14-10-6-2/h9,11,13,15,21,23,25,27,32,34-35,38-39,41,48,52,73-75,80H,5-8,10,12,14,16-20,22,24,26,28-31,33,36-37,40,42-47,49-51,53-72H2,1-4H3,(H,85,86)(H,87,88)/b13-9-,15-11-,25-21-,27-23-,35-32-,38-34-,41-39-,52-48-. The van der Waals surface area contributed by atoms with Crippen molar-refractivity contribution in [2.45, 2.75) is 341 Å². The SMILES string of the molecule is CC/C=C\C/C=C\C/C=C\C/C=C\C/C=C\CCCC(=O)OCC(COP(=O)(O)OCC(O)COP(=O)(O)OCC(COC(=O)CCCCCCCCCCCCCCCCC)OC(=O)CCCCCCCCCCCCC)OC(=O)CCCCCCC/C=C\C/C=C\C/C=C\CC. The number of rotatable bonds is 72. The largest absolute Gasteiger partial charge is 0.472 e. The van der Waals surface area contributed by atoms with E-state index in [1.807, 2.05) is 12.2 Å². The Kier molecular flexibility index (Phi) is 68.4. The number of hydrogen-bond donors (Lipinski definition) is 3. The molecule has 566 valence electrons. The van der Waals surface area contributed by atoms with Gasteiger partial charge >= 0.3 is 39.5 Å². The van der Waals surface area contributed by atoms with E-state index in [1.165, 1.54) is 109 Å². The Labute approximate surface area is 595 Å². The van der Waals surface area contributed by atoms with E-state index >= 15 is 0 Å². The molecule has 5 atom stereocenters. The van der Waals surface area contributed by atoms with Crippen molar-refractivity contribution in [2.75, 3.05) is 39.6 Å². The third kappa shape index (κ3) is 70.4. The van der Waals surface area contributed by atoms with Crippen LogP contribution in [-0.2, 0) is 65.4 Å². The molecular formula is C79H138O17P2. The Bertz CT molecular complexity index is 2240. The number of esters is 4. The first kappa shape index (κ1) is 94.0. The van der Waals surface area contributed by atoms with E-state index in [4.69, 9.17) is 37.0 Å². The number of carbonyl (C=O) groups is 4. The highest BCUT2D eigenvalue weighted by atomic mass is 31.2. The highest BCUT2D eigenvalue weighted by Gasteiger charge is 2.30. The Morgan fingerprint density at radius 2 is 0.541 bits per heavy atom. The molecule has 98 heavy (non-hydrogen) atoms. The van der Waals surface area contributed by atoms with Crippen LogP contribution in [-0.4, -0.2) is 96.7 Å². The third-order valence-electron chi connectivity index (χ3n) is 16.1. The zero-order valence-corrected chi connectivity index (χ0v) is 63.5. The van der Waals surface area contributed by atoms with Crippen LogP contribution in [0.15, 0.2) is 97.2 Å². The second kappa shape index (κ2) is 71.4. The molecule has 19 heteroatoms. The van der Waals surface area contributed by atoms with Gasteiger partial charge in [0.25, 0.3) is 0 Å². The maximum absolute atomic E-state index is 13.1. The molecule has 0 saturated carbocycles. The van der Waals surface area contributed by atoms with E-state index in [1.54, 1.807) is 0 Å². The molecule has 0 rings (SSSR count). The number of unbranched alkanes of at least 4 members (excludes halogenated alkanes) is 30. The topological polar surface area (TPSA) is 237 Å². The molecule has 3 N–H and O–H groups in total. The molecule has 0 aliphatic heterocycles. The van der Waals surface area contributed by atoms with E-state index in [0.29, 0.717) is 32.1 Å². The van der Waals surface area contributed by atoms with Crippen molar-refractivity contribution in [3.63, 3.8) is 0 Å². The maximum Gasteiger partial charge on any atom is 0.472 e. The summed E-state index contributed by atoms with van der Waals surface area (Å²) in [6, 6.07) is 0. The van der Waals surface area contributed by atoms with Crippen molar-refractivity contribution in [3.05, 3.63) is 97.2 Å². The molecule has 0 aromatic carbocycles. The van der Waals surface area contributed by atoms with E-state index in [0.717, 1.165) is 128 Å². The highest BCUT2D eigenvalue weighted by Crippen LogP contribution is 2.45. The van der Waals surface area contributed by atoms with Crippen molar-refractivity contribution in [2.24, 2.45) is 0 Å². The number of aliphatic hydroxyl groups is 1. The Balaban J connectivity index is 5.37. The summed E-state index contributed by atoms with van der Waals surface area (Å²) in [5.74, 6) is -2.24. The van der Waals surface area contributed by atoms with Crippen LogP contribution >= 0.6 is 15.6 Å². The van der Waals surface area contributed by atoms with Crippen LogP contribution in [0.5, 0.6) is 0 Å². The van der Waals surface area contributed by atoms with Gasteiger partial charge in [-0.25, -0.2) is 9.13 Å². The van der Waals surface area contributed by atoms with Gasteiger partial charge in [0, 0.05) is 25.7 Å². The fraction of sp³-hybridized carbons (Fsp3) is 0.747. The van der Waals surface area contributed by atoms with E-state index < -0.39 is 97.5 Å². The molecule has 0 spiro atoms. The van der Waals surface area contributed by atoms with Gasteiger partial charge in [0.1, 0.15) is 19.3 Å². The monoisotopic (exact) mass is 1420 g/mol. The summed E-state index contributed by atoms with van der Waals surface area (Å²) in [5, 5.41) is 10.6. The van der Waals surface area contributed by atoms with Gasteiger partial charge in [-0.15, -0.1) is 0 Å². The van der Waals surface area contributed by atoms with Gasteiger partial charge in [-0.1, -0.05) is 298 Å². The van der Waals surface area contributed by atoms with E-state index in [-0.39, 0.29) is 25.7 Å². The number of aliphatic hydroxyl groups excluding tert-OH is 1. The molecule has 0 aromatic rings. The predicted molar refractivity (Wildman–Crippen MR) is 399 cm³/mol. The van der Waals surface area contributed by atoms with Gasteiger partial charge in [-0.2, -0.15) is 0 Å². The Morgan fingerprint density at radius 1 is 0.296 bits per heavy atom. The smallest absolute Gasteiger partial charge is 0.462 e. The van der Waals surface area contributed by atoms with Crippen LogP contribution in [0.25, 0.3) is 0 Å². The van der Waals surface area contributed by atoms with Crippen LogP contribution in [0.1, 0.15) is 323 Å². The minimum absolute atomic E-state index is 0.0631. The first-order valence-electron chi connectivity index (χ1n) is 38.5. The molecule has 0 aromatic heterocycles. The van der Waals surface area contributed by atoms with Gasteiger partial charge in [0.05, 0.1) is 26.4 Å². The summed E-state index contributed by atoms with van der Waals surface area (Å²) < 4.78 is 68.4. The second-order valence-electron chi connectivity index (χ2n) is 25.5. The summed E-state index contributed by atoms with van der Waals surface area (Å²) in [6.07, 6.45) is 74.1. The Hall–Kier alpha value is -4.02. The second-order valence-corrected chi connectivity index (χ2v) is 28.5. The predicted octanol–water partition coefficient (Wildman–Crippen LogP) is 22.0. The van der Waals surface area contributed by atoms with Gasteiger partial charge < -0.3 is 33.8 Å². The molecule has 0 fully saturated rings. The van der Waals surface area contributed by atoms with Crippen molar-refractivity contribution in [1.29, 1.82) is 0 Å². The minimum Gasteiger partial charge on any atom is -0.462 e. The average molecular weight is 1420 g/mol. The first-order chi connectivity index (χ1) is 47.7. The average Bonchev–Trinajstić information content (AvgIpc) is 0.986. The number of ether oxygens (including phenoxy) is 4. The lowest BCUT2D eigenvalue weighted by Crippen LogP contribution is -2.30. The lowest BCUT2D eigenvalue weighted by molar-refractivity contribution is -0.161. The van der Waals surface area contributed by atoms with Crippen LogP contribution < -0.4 is 0 Å². The molecule has 0 heterocycles. The third-order valence-corrected chi connectivity index (χ3v) is 18.0. The zero-order valence-electron chi connectivity index (χ0n) is 61.7. The molecule has 0 amide bonds. The van der Waals surface area contributed by atoms with Crippen molar-refractivity contribution < 1.29 is 80.2 Å². The molecule has 0 aliphatic carbocycles. The van der Waals surface area contributed by atoms with Crippen LogP contribution in [0.2, 0.25) is 0 Å². The highest BCUT2D eigenvalue weighted by molar-refractivity contribution is 7.47. The molecule has 5 unspecified atom stereocenters. The minimum atomic E-state index is -4.99. The van der Waals surface area contributed by atoms with E-state index in [2.05, 4.69) is 113 Å². The first-order valence-corrected chi connectivity index (χ1v) is 41.5. The quantitative estimate of drug-likeness (QED) is 0.0169. The summed E-state index contributed by atoms with van der Waals surface area (Å²) >= 11 is 0. The molecule has 0 radical (unpaired) electrons. The van der Waals surface area contributed by atoms with Crippen molar-refractivity contribution >= 4 is 39.5 Å². The summed E-state index contributed by atoms with van der Waals surface area (Å²) in [4.78, 5) is 72.8. The molecule has 17 nitrogen and oxygen atoms in total. The van der Waals surface area contributed by atoms with Gasteiger partial charge in [0.15, 0.2) is 12.2 Å². The van der Waals surface area contributed by atoms with Crippen molar-refractivity contribution in [1.82, 2.24) is 0 Å². The van der Waals surface area contributed by atoms with Gasteiger partial charge in [-0.3, -0.25) is 37.3 Å². The lowest BCUT2D eigenvalue weighted by Gasteiger charge is -2.21. The van der Waals surface area contributed by atoms with Gasteiger partial charge in [0.2, 0.25) is 0 Å². The number of phosphoric ester groups is 2. The summed E-state index contributed by atoms with van der Waals surface area (Å²) in [6.45, 7) is 4.59. The molecular weight excluding hydrogens is 1280 g/mol. The number of allylic oxidation sites excluding steroid dienone is 16. The normalized spacial score (nSPS) is 14.5. The van der Waals surface area contributed by atoms with Crippen LogP contribution in [0, 0.1) is 0 Å². The van der Waals surface area contributed by atoms with E-state index in [9.17, 15) is 43.2 Å². The maximum atomic E-state index is 13.1. The van der Waals surface area contributed by atoms with Gasteiger partial charge in [-0.05, 0) is 96.3 Å². The lowest BCUT2D eigenvalue weighted by atomic mass is 10.0. The number of hydrogen-bond acceptors (Lipinski definition) is 15. The van der Waals surface area contributed by atoms with Crippen molar-refractivity contribution in [3.8, 4) is 0 Å². The number of phosphoric acid groups is 2. The molecule has 0 saturated heterocycles. The molecule has 0 aliphatic rings. The Morgan fingerprint density at radius 3 is 0.857 bits per heavy atom. The fourth-order valence-electron chi connectivity index (χ4n) is 10.3. The fourth-order valence-corrected chi connectivity index (χ4v) is 11.9. The zero-order chi connectivity index (χ0) is 71.8. The van der Waals surface area contributed by atoms with Crippen LogP contribution in [0.3, 0.4) is 0 Å². The molecule has 0 bridgehead atoms. The van der Waals surface area contributed by atoms with Crippen LogP contribution in [0.4, 0.5) is 0 Å². The summed E-state index contributed by atoms with van der Waals surface area (Å²) in [5.41, 5.74) is 0. The summed E-state index contributed by atoms with van der Waals surface area (Å²) in [7, 11) is -9.96. The number of carbonyl (C=O) groups excluding carboxylic acids is 4.